The van der Waals surface area contributed by atoms with Crippen LogP contribution in [0.25, 0.3) is 5.65 Å². The first kappa shape index (κ1) is 21.0. The minimum atomic E-state index is -0.313. The number of hydrogen-bond acceptors (Lipinski definition) is 6. The van der Waals surface area contributed by atoms with E-state index in [-0.39, 0.29) is 11.9 Å². The van der Waals surface area contributed by atoms with E-state index in [1.807, 2.05) is 19.2 Å². The van der Waals surface area contributed by atoms with Gasteiger partial charge in [0, 0.05) is 36.5 Å². The molecule has 1 aliphatic rings. The second-order valence-corrected chi connectivity index (χ2v) is 7.89. The van der Waals surface area contributed by atoms with Crippen LogP contribution >= 0.6 is 0 Å². The summed E-state index contributed by atoms with van der Waals surface area (Å²) in [6.07, 6.45) is 5.33. The third-order valence-corrected chi connectivity index (χ3v) is 5.58. The van der Waals surface area contributed by atoms with E-state index in [0.717, 1.165) is 42.1 Å². The molecule has 1 saturated heterocycles. The van der Waals surface area contributed by atoms with Gasteiger partial charge in [0.05, 0.1) is 12.7 Å². The quantitative estimate of drug-likeness (QED) is 0.417. The van der Waals surface area contributed by atoms with Crippen molar-refractivity contribution in [2.24, 2.45) is 0 Å². The van der Waals surface area contributed by atoms with Gasteiger partial charge in [0.15, 0.2) is 5.65 Å². The Morgan fingerprint density at radius 2 is 2.26 bits per heavy atom. The predicted octanol–water partition coefficient (Wildman–Crippen LogP) is 2.01. The first-order chi connectivity index (χ1) is 15.0. The number of likely N-dealkylation sites (N-methyl/N-ethyl adjacent to an activating group) is 1. The summed E-state index contributed by atoms with van der Waals surface area (Å²) in [6.45, 7) is 5.04. The zero-order chi connectivity index (χ0) is 21.8. The summed E-state index contributed by atoms with van der Waals surface area (Å²) in [5, 5.41) is 6.89. The van der Waals surface area contributed by atoms with Crippen LogP contribution in [0.1, 0.15) is 17.5 Å². The van der Waals surface area contributed by atoms with E-state index in [4.69, 9.17) is 9.72 Å². The lowest BCUT2D eigenvalue weighted by Crippen LogP contribution is -2.37. The zero-order valence-electron chi connectivity index (χ0n) is 17.8. The van der Waals surface area contributed by atoms with Crippen LogP contribution in [0.4, 0.5) is 10.2 Å². The fourth-order valence-corrected chi connectivity index (χ4v) is 3.97. The number of hydrogen-bond donors (Lipinski definition) is 1. The van der Waals surface area contributed by atoms with E-state index in [2.05, 4.69) is 27.3 Å². The van der Waals surface area contributed by atoms with Gasteiger partial charge in [-0.3, -0.25) is 4.79 Å². The molecule has 3 aromatic rings. The van der Waals surface area contributed by atoms with Crippen LogP contribution < -0.4 is 15.0 Å². The topological polar surface area (TPSA) is 75.0 Å². The average molecular weight is 426 g/mol. The van der Waals surface area contributed by atoms with Gasteiger partial charge in [-0.2, -0.15) is 5.10 Å². The van der Waals surface area contributed by atoms with E-state index in [1.165, 1.54) is 12.1 Å². The summed E-state index contributed by atoms with van der Waals surface area (Å²) in [4.78, 5) is 19.8. The number of anilines is 1. The molecule has 1 atom stereocenters. The van der Waals surface area contributed by atoms with E-state index in [1.54, 1.807) is 16.8 Å². The Kier molecular flexibility index (Phi) is 6.31. The molecule has 0 spiro atoms. The number of carbonyl (C=O) groups excluding carboxylic acids is 1. The zero-order valence-corrected chi connectivity index (χ0v) is 17.8. The molecule has 31 heavy (non-hydrogen) atoms. The van der Waals surface area contributed by atoms with Crippen LogP contribution in [0.3, 0.4) is 0 Å². The predicted molar refractivity (Wildman–Crippen MR) is 116 cm³/mol. The van der Waals surface area contributed by atoms with Gasteiger partial charge in [-0.25, -0.2) is 13.9 Å². The Morgan fingerprint density at radius 1 is 1.39 bits per heavy atom. The van der Waals surface area contributed by atoms with Crippen molar-refractivity contribution >= 4 is 17.9 Å². The van der Waals surface area contributed by atoms with Gasteiger partial charge in [0.1, 0.15) is 24.0 Å². The normalized spacial score (nSPS) is 16.5. The number of benzene rings is 1. The Morgan fingerprint density at radius 3 is 3.03 bits per heavy atom. The summed E-state index contributed by atoms with van der Waals surface area (Å²) in [5.41, 5.74) is 2.56. The molecule has 3 heterocycles. The van der Waals surface area contributed by atoms with Gasteiger partial charge < -0.3 is 19.9 Å². The summed E-state index contributed by atoms with van der Waals surface area (Å²) >= 11 is 0. The highest BCUT2D eigenvalue weighted by molar-refractivity contribution is 5.53. The van der Waals surface area contributed by atoms with Crippen molar-refractivity contribution in [3.63, 3.8) is 0 Å². The molecule has 1 amide bonds. The molecule has 0 saturated carbocycles. The van der Waals surface area contributed by atoms with E-state index < -0.39 is 0 Å². The van der Waals surface area contributed by atoms with E-state index in [9.17, 15) is 9.18 Å². The molecule has 0 bridgehead atoms. The average Bonchev–Trinajstić information content (AvgIpc) is 3.36. The number of ether oxygens (including phenoxy) is 1. The molecule has 1 unspecified atom stereocenters. The first-order valence-electron chi connectivity index (χ1n) is 10.4. The lowest BCUT2D eigenvalue weighted by molar-refractivity contribution is -0.109. The second-order valence-electron chi connectivity index (χ2n) is 7.89. The van der Waals surface area contributed by atoms with Crippen LogP contribution in [0, 0.1) is 12.7 Å². The van der Waals surface area contributed by atoms with Crippen molar-refractivity contribution in [1.29, 1.82) is 0 Å². The molecule has 164 valence electrons. The van der Waals surface area contributed by atoms with Crippen LogP contribution in [-0.4, -0.2) is 65.2 Å². The molecular weight excluding hydrogens is 399 g/mol. The van der Waals surface area contributed by atoms with E-state index >= 15 is 0 Å². The molecule has 9 heteroatoms. The SMILES string of the molecule is Cc1cnn2ccc(N(Cc3cc(F)ccc3OCCNC=O)C3CCN(C)C3)nc12. The van der Waals surface area contributed by atoms with Gasteiger partial charge in [0.2, 0.25) is 6.41 Å². The van der Waals surface area contributed by atoms with Crippen LogP contribution in [0.15, 0.2) is 36.7 Å². The molecule has 1 aliphatic heterocycles. The van der Waals surface area contributed by atoms with Gasteiger partial charge in [-0.15, -0.1) is 0 Å². The molecule has 1 aromatic carbocycles. The van der Waals surface area contributed by atoms with Crippen molar-refractivity contribution in [2.45, 2.75) is 25.9 Å². The number of amides is 1. The fraction of sp³-hybridized carbons (Fsp3) is 0.409. The third kappa shape index (κ3) is 4.77. The molecule has 1 N–H and O–H groups in total. The van der Waals surface area contributed by atoms with Crippen LogP contribution in [0.5, 0.6) is 5.75 Å². The number of nitrogens with one attached hydrogen (secondary N) is 1. The highest BCUT2D eigenvalue weighted by Gasteiger charge is 2.28. The third-order valence-electron chi connectivity index (χ3n) is 5.58. The molecule has 0 radical (unpaired) electrons. The molecule has 4 rings (SSSR count). The Balaban J connectivity index is 1.65. The summed E-state index contributed by atoms with van der Waals surface area (Å²) in [5.74, 6) is 1.12. The smallest absolute Gasteiger partial charge is 0.207 e. The van der Waals surface area contributed by atoms with Crippen molar-refractivity contribution in [3.05, 3.63) is 53.6 Å². The van der Waals surface area contributed by atoms with Crippen molar-refractivity contribution < 1.29 is 13.9 Å². The minimum absolute atomic E-state index is 0.246. The lowest BCUT2D eigenvalue weighted by atomic mass is 10.1. The van der Waals surface area contributed by atoms with Crippen molar-refractivity contribution in [1.82, 2.24) is 24.8 Å². The standard InChI is InChI=1S/C22H27FN6O2/c1-16-12-25-29-9-6-21(26-22(16)29)28(19-5-8-27(2)14-19)13-17-11-18(23)3-4-20(17)31-10-7-24-15-30/h3-4,6,9,11-12,15,19H,5,7-8,10,13-14H2,1-2H3,(H,24,30). The molecule has 2 aromatic heterocycles. The molecule has 1 fully saturated rings. The number of halogens is 1. The Hall–Kier alpha value is -3.20. The van der Waals surface area contributed by atoms with Gasteiger partial charge >= 0.3 is 0 Å². The number of aryl methyl sites for hydroxylation is 1. The highest BCUT2D eigenvalue weighted by atomic mass is 19.1. The molecular formula is C22H27FN6O2. The maximum Gasteiger partial charge on any atom is 0.207 e. The largest absolute Gasteiger partial charge is 0.491 e. The maximum absolute atomic E-state index is 14.1. The number of likely N-dealkylation sites (tertiary alicyclic amines) is 1. The van der Waals surface area contributed by atoms with Crippen molar-refractivity contribution in [3.8, 4) is 5.75 Å². The van der Waals surface area contributed by atoms with Gasteiger partial charge in [0.25, 0.3) is 0 Å². The number of carbonyl (C=O) groups is 1. The molecule has 8 nitrogen and oxygen atoms in total. The Bertz CT molecular complexity index is 1060. The molecule has 0 aliphatic carbocycles. The second kappa shape index (κ2) is 9.30. The van der Waals surface area contributed by atoms with E-state index in [0.29, 0.717) is 31.9 Å². The van der Waals surface area contributed by atoms with Gasteiger partial charge in [-0.1, -0.05) is 0 Å². The number of fused-ring (bicyclic) bond motifs is 1. The number of nitrogens with zero attached hydrogens (tertiary/aromatic N) is 5. The fourth-order valence-electron chi connectivity index (χ4n) is 3.97. The lowest BCUT2D eigenvalue weighted by Gasteiger charge is -2.31. The Labute approximate surface area is 180 Å². The number of aromatic nitrogens is 3. The van der Waals surface area contributed by atoms with Crippen LogP contribution in [0.2, 0.25) is 0 Å². The van der Waals surface area contributed by atoms with Gasteiger partial charge in [-0.05, 0) is 51.2 Å². The monoisotopic (exact) mass is 426 g/mol. The summed E-state index contributed by atoms with van der Waals surface area (Å²) in [7, 11) is 2.10. The first-order valence-corrected chi connectivity index (χ1v) is 10.4. The summed E-state index contributed by atoms with van der Waals surface area (Å²) < 4.78 is 21.7. The van der Waals surface area contributed by atoms with Crippen molar-refractivity contribution in [2.75, 3.05) is 38.2 Å². The number of rotatable bonds is 9. The minimum Gasteiger partial charge on any atom is -0.491 e. The summed E-state index contributed by atoms with van der Waals surface area (Å²) in [6, 6.07) is 6.74. The maximum atomic E-state index is 14.1. The van der Waals surface area contributed by atoms with Crippen LogP contribution in [-0.2, 0) is 11.3 Å². The highest BCUT2D eigenvalue weighted by Crippen LogP contribution is 2.28.